The number of carbonyl (C=O) groups excluding carboxylic acids is 2. The zero-order valence-corrected chi connectivity index (χ0v) is 21.0. The van der Waals surface area contributed by atoms with E-state index in [2.05, 4.69) is 19.2 Å². The number of alkyl halides is 1. The lowest BCUT2D eigenvalue weighted by molar-refractivity contribution is -0.138. The molecule has 1 aliphatic heterocycles. The second-order valence-electron chi connectivity index (χ2n) is 9.48. The Balaban J connectivity index is 1.56. The fourth-order valence-corrected chi connectivity index (χ4v) is 4.75. The third-order valence-corrected chi connectivity index (χ3v) is 6.95. The minimum absolute atomic E-state index is 0.0950. The zero-order valence-electron chi connectivity index (χ0n) is 20.3. The molecule has 3 aromatic carbocycles. The molecule has 0 saturated carbocycles. The molecule has 0 aromatic heterocycles. The van der Waals surface area contributed by atoms with Gasteiger partial charge in [0.25, 0.3) is 0 Å². The van der Waals surface area contributed by atoms with Crippen LogP contribution < -0.4 is 5.32 Å². The minimum atomic E-state index is -1.33. The molecule has 1 saturated heterocycles. The van der Waals surface area contributed by atoms with E-state index >= 15 is 0 Å². The van der Waals surface area contributed by atoms with E-state index in [1.807, 2.05) is 54.6 Å². The average molecular weight is 511 g/mol. The van der Waals surface area contributed by atoms with Gasteiger partial charge in [0.15, 0.2) is 0 Å². The third kappa shape index (κ3) is 5.93. The fraction of sp³-hybridized carbons (Fsp3) is 0.310. The van der Waals surface area contributed by atoms with Crippen molar-refractivity contribution in [2.75, 3.05) is 6.54 Å². The zero-order chi connectivity index (χ0) is 25.8. The van der Waals surface area contributed by atoms with Crippen LogP contribution in [0.3, 0.4) is 0 Å². The van der Waals surface area contributed by atoms with Crippen LogP contribution in [0.15, 0.2) is 72.8 Å². The van der Waals surface area contributed by atoms with Crippen molar-refractivity contribution in [3.05, 3.63) is 106 Å². The van der Waals surface area contributed by atoms with Crippen molar-refractivity contribution >= 4 is 23.4 Å². The number of carbonyl (C=O) groups is 2. The lowest BCUT2D eigenvalue weighted by Gasteiger charge is -2.27. The molecule has 0 radical (unpaired) electrons. The summed E-state index contributed by atoms with van der Waals surface area (Å²) >= 11 is 6.12. The molecule has 36 heavy (non-hydrogen) atoms. The fourth-order valence-electron chi connectivity index (χ4n) is 4.57. The van der Waals surface area contributed by atoms with E-state index in [1.54, 1.807) is 0 Å². The van der Waals surface area contributed by atoms with Gasteiger partial charge in [0.2, 0.25) is 11.8 Å². The maximum atomic E-state index is 14.5. The van der Waals surface area contributed by atoms with Gasteiger partial charge in [-0.05, 0) is 46.4 Å². The molecule has 188 valence electrons. The van der Waals surface area contributed by atoms with E-state index in [0.29, 0.717) is 11.5 Å². The van der Waals surface area contributed by atoms with Crippen LogP contribution in [-0.4, -0.2) is 35.5 Å². The van der Waals surface area contributed by atoms with Crippen LogP contribution in [0, 0.1) is 5.82 Å². The van der Waals surface area contributed by atoms with E-state index in [4.69, 9.17) is 11.6 Å². The number of nitrogens with one attached hydrogen (secondary N) is 1. The summed E-state index contributed by atoms with van der Waals surface area (Å²) in [4.78, 5) is 27.8. The van der Waals surface area contributed by atoms with Gasteiger partial charge in [-0.1, -0.05) is 80.0 Å². The summed E-state index contributed by atoms with van der Waals surface area (Å²) < 4.78 is 28.1. The average Bonchev–Trinajstić information content (AvgIpc) is 3.27. The van der Waals surface area contributed by atoms with Gasteiger partial charge >= 0.3 is 0 Å². The van der Waals surface area contributed by atoms with E-state index < -0.39 is 35.9 Å². The molecule has 0 bridgehead atoms. The van der Waals surface area contributed by atoms with Gasteiger partial charge in [0.05, 0.1) is 19.0 Å². The first-order chi connectivity index (χ1) is 17.2. The summed E-state index contributed by atoms with van der Waals surface area (Å²) in [5.41, 5.74) is 3.25. The van der Waals surface area contributed by atoms with Crippen LogP contribution in [0.2, 0.25) is 5.02 Å². The highest BCUT2D eigenvalue weighted by molar-refractivity contribution is 6.31. The molecule has 4 nitrogen and oxygen atoms in total. The van der Waals surface area contributed by atoms with E-state index in [1.165, 1.54) is 28.7 Å². The normalized spacial score (nSPS) is 18.3. The Hall–Kier alpha value is -3.25. The minimum Gasteiger partial charge on any atom is -0.343 e. The summed E-state index contributed by atoms with van der Waals surface area (Å²) in [6.07, 6.45) is -1.64. The van der Waals surface area contributed by atoms with Crippen LogP contribution in [0.25, 0.3) is 0 Å². The Morgan fingerprint density at radius 1 is 1.00 bits per heavy atom. The first kappa shape index (κ1) is 25.8. The molecule has 4 rings (SSSR count). The van der Waals surface area contributed by atoms with Gasteiger partial charge in [-0.2, -0.15) is 0 Å². The molecule has 2 amide bonds. The Morgan fingerprint density at radius 3 is 2.31 bits per heavy atom. The maximum absolute atomic E-state index is 14.5. The van der Waals surface area contributed by atoms with E-state index in [-0.39, 0.29) is 24.4 Å². The highest BCUT2D eigenvalue weighted by atomic mass is 35.5. The largest absolute Gasteiger partial charge is 0.343 e. The molecule has 3 aromatic rings. The lowest BCUT2D eigenvalue weighted by atomic mass is 9.95. The first-order valence-corrected chi connectivity index (χ1v) is 12.4. The molecule has 7 heteroatoms. The van der Waals surface area contributed by atoms with Gasteiger partial charge < -0.3 is 10.2 Å². The molecule has 1 aliphatic rings. The first-order valence-electron chi connectivity index (χ1n) is 12.1. The number of hydrogen-bond acceptors (Lipinski definition) is 2. The number of amides is 2. The van der Waals surface area contributed by atoms with Gasteiger partial charge in [-0.25, -0.2) is 8.78 Å². The number of nitrogens with zero attached hydrogens (tertiary/aromatic N) is 1. The van der Waals surface area contributed by atoms with Crippen LogP contribution >= 0.6 is 11.6 Å². The van der Waals surface area contributed by atoms with E-state index in [9.17, 15) is 18.4 Å². The molecule has 3 atom stereocenters. The number of benzene rings is 3. The monoisotopic (exact) mass is 510 g/mol. The second kappa shape index (κ2) is 11.2. The highest BCUT2D eigenvalue weighted by Gasteiger charge is 2.40. The number of likely N-dealkylation sites (tertiary alicyclic amines) is 1. The van der Waals surface area contributed by atoms with Crippen molar-refractivity contribution in [2.45, 2.75) is 50.9 Å². The molecular formula is C29H29ClF2N2O2. The number of rotatable bonds is 7. The summed E-state index contributed by atoms with van der Waals surface area (Å²) in [7, 11) is 0. The Morgan fingerprint density at radius 2 is 1.64 bits per heavy atom. The number of hydrogen-bond donors (Lipinski definition) is 1. The van der Waals surface area contributed by atoms with Crippen LogP contribution in [0.1, 0.15) is 54.5 Å². The topological polar surface area (TPSA) is 49.4 Å². The Labute approximate surface area is 215 Å². The van der Waals surface area contributed by atoms with Gasteiger partial charge in [-0.15, -0.1) is 0 Å². The Bertz CT molecular complexity index is 1220. The molecule has 3 unspecified atom stereocenters. The van der Waals surface area contributed by atoms with Gasteiger partial charge in [0.1, 0.15) is 18.0 Å². The van der Waals surface area contributed by atoms with Crippen molar-refractivity contribution in [3.63, 3.8) is 0 Å². The summed E-state index contributed by atoms with van der Waals surface area (Å²) in [6, 6.07) is 19.9. The predicted octanol–water partition coefficient (Wildman–Crippen LogP) is 5.99. The molecular weight excluding hydrogens is 482 g/mol. The van der Waals surface area contributed by atoms with Crippen molar-refractivity contribution in [1.82, 2.24) is 10.2 Å². The molecule has 1 heterocycles. The third-order valence-electron chi connectivity index (χ3n) is 6.58. The van der Waals surface area contributed by atoms with Crippen molar-refractivity contribution in [2.24, 2.45) is 0 Å². The van der Waals surface area contributed by atoms with Crippen LogP contribution in [-0.2, 0) is 16.0 Å². The van der Waals surface area contributed by atoms with Gasteiger partial charge in [0, 0.05) is 11.4 Å². The SMILES string of the molecule is CC(C)c1ccc(C(NC(=O)C2CC(F)CN2C(=O)Cc2cc(F)ccc2Cl)c2ccccc2)cc1. The van der Waals surface area contributed by atoms with E-state index in [0.717, 1.165) is 11.1 Å². The smallest absolute Gasteiger partial charge is 0.243 e. The second-order valence-corrected chi connectivity index (χ2v) is 9.89. The summed E-state index contributed by atoms with van der Waals surface area (Å²) in [5, 5.41) is 3.29. The standard InChI is InChI=1S/C29H29ClF2N2O2/c1-18(2)19-8-10-21(11-9-19)28(20-6-4-3-5-7-20)33-29(36)26-16-24(32)17-34(26)27(35)15-22-14-23(31)12-13-25(22)30/h3-14,18,24,26,28H,15-17H2,1-2H3,(H,33,36). The highest BCUT2D eigenvalue weighted by Crippen LogP contribution is 2.28. The summed E-state index contributed by atoms with van der Waals surface area (Å²) in [5.74, 6) is -1.05. The Kier molecular flexibility index (Phi) is 8.04. The van der Waals surface area contributed by atoms with Crippen LogP contribution in [0.5, 0.6) is 0 Å². The lowest BCUT2D eigenvalue weighted by Crippen LogP contribution is -2.47. The molecule has 1 fully saturated rings. The van der Waals surface area contributed by atoms with Crippen molar-refractivity contribution < 1.29 is 18.4 Å². The van der Waals surface area contributed by atoms with Crippen molar-refractivity contribution in [3.8, 4) is 0 Å². The van der Waals surface area contributed by atoms with Crippen LogP contribution in [0.4, 0.5) is 8.78 Å². The summed E-state index contributed by atoms with van der Waals surface area (Å²) in [6.45, 7) is 4.03. The molecule has 0 spiro atoms. The number of halogens is 3. The maximum Gasteiger partial charge on any atom is 0.243 e. The van der Waals surface area contributed by atoms with Crippen molar-refractivity contribution in [1.29, 1.82) is 0 Å². The molecule has 1 N–H and O–H groups in total. The quantitative estimate of drug-likeness (QED) is 0.424. The molecule has 0 aliphatic carbocycles. The predicted molar refractivity (Wildman–Crippen MR) is 137 cm³/mol. The van der Waals surface area contributed by atoms with Gasteiger partial charge in [-0.3, -0.25) is 9.59 Å².